The smallest absolute Gasteiger partial charge is 0.251 e. The number of benzene rings is 2. The van der Waals surface area contributed by atoms with Gasteiger partial charge in [-0.05, 0) is 30.3 Å². The minimum atomic E-state index is -1.09. The minimum absolute atomic E-state index is 0.00894. The third kappa shape index (κ3) is 4.76. The Morgan fingerprint density at radius 2 is 1.88 bits per heavy atom. The number of nitrogens with zero attached hydrogens (tertiary/aromatic N) is 1. The fourth-order valence-electron chi connectivity index (χ4n) is 2.27. The number of amides is 2. The number of halogens is 2. The van der Waals surface area contributed by atoms with Crippen molar-refractivity contribution in [3.05, 3.63) is 59.7 Å². The van der Waals surface area contributed by atoms with Crippen LogP contribution < -0.4 is 15.0 Å². The van der Waals surface area contributed by atoms with E-state index in [1.807, 2.05) is 0 Å². The van der Waals surface area contributed by atoms with Crippen molar-refractivity contribution >= 4 is 17.5 Å². The summed E-state index contributed by atoms with van der Waals surface area (Å²) in [6.45, 7) is 1.78. The summed E-state index contributed by atoms with van der Waals surface area (Å²) in [5, 5.41) is 2.58. The van der Waals surface area contributed by atoms with Crippen molar-refractivity contribution in [3.63, 3.8) is 0 Å². The van der Waals surface area contributed by atoms with Crippen LogP contribution in [0.1, 0.15) is 17.3 Å². The van der Waals surface area contributed by atoms with E-state index in [1.54, 1.807) is 24.3 Å². The zero-order valence-electron chi connectivity index (χ0n) is 13.9. The van der Waals surface area contributed by atoms with Crippen LogP contribution in [0.2, 0.25) is 0 Å². The lowest BCUT2D eigenvalue weighted by Gasteiger charge is -2.22. The van der Waals surface area contributed by atoms with Crippen molar-refractivity contribution in [2.75, 3.05) is 25.1 Å². The molecular formula is C18H18F2N2O3. The van der Waals surface area contributed by atoms with Crippen LogP contribution in [0, 0.1) is 11.6 Å². The number of rotatable bonds is 6. The summed E-state index contributed by atoms with van der Waals surface area (Å²) >= 11 is 0. The predicted molar refractivity (Wildman–Crippen MR) is 89.7 cm³/mol. The highest BCUT2D eigenvalue weighted by molar-refractivity contribution is 5.94. The van der Waals surface area contributed by atoms with Crippen LogP contribution in [0.25, 0.3) is 0 Å². The monoisotopic (exact) mass is 348 g/mol. The van der Waals surface area contributed by atoms with Crippen molar-refractivity contribution < 1.29 is 23.1 Å². The lowest BCUT2D eigenvalue weighted by Crippen LogP contribution is -2.37. The molecule has 2 aromatic carbocycles. The third-order valence-electron chi connectivity index (χ3n) is 3.55. The second-order valence-corrected chi connectivity index (χ2v) is 5.26. The lowest BCUT2D eigenvalue weighted by atomic mass is 10.2. The summed E-state index contributed by atoms with van der Waals surface area (Å²) in [5.74, 6) is -2.25. The van der Waals surface area contributed by atoms with E-state index in [4.69, 9.17) is 4.74 Å². The number of carbonyl (C=O) groups excluding carboxylic acids is 2. The van der Waals surface area contributed by atoms with Gasteiger partial charge in [0.1, 0.15) is 5.75 Å². The largest absolute Gasteiger partial charge is 0.497 e. The number of hydrogen-bond acceptors (Lipinski definition) is 3. The Kier molecular flexibility index (Phi) is 6.05. The highest BCUT2D eigenvalue weighted by Crippen LogP contribution is 2.20. The van der Waals surface area contributed by atoms with Crippen LogP contribution in [-0.4, -0.2) is 32.0 Å². The Labute approximate surface area is 144 Å². The quantitative estimate of drug-likeness (QED) is 0.873. The highest BCUT2D eigenvalue weighted by atomic mass is 19.2. The molecule has 0 aliphatic heterocycles. The molecule has 1 N–H and O–H groups in total. The number of methoxy groups -OCH3 is 1. The summed E-state index contributed by atoms with van der Waals surface area (Å²) in [6.07, 6.45) is 0. The summed E-state index contributed by atoms with van der Waals surface area (Å²) in [6, 6.07) is 9.88. The molecule has 7 heteroatoms. The second-order valence-electron chi connectivity index (χ2n) is 5.26. The topological polar surface area (TPSA) is 58.6 Å². The van der Waals surface area contributed by atoms with Gasteiger partial charge in [0, 0.05) is 37.3 Å². The molecule has 0 spiro atoms. The summed E-state index contributed by atoms with van der Waals surface area (Å²) < 4.78 is 31.2. The van der Waals surface area contributed by atoms with E-state index in [0.717, 1.165) is 12.1 Å². The average Bonchev–Trinajstić information content (AvgIpc) is 2.60. The van der Waals surface area contributed by atoms with E-state index in [-0.39, 0.29) is 24.6 Å². The first kappa shape index (κ1) is 18.4. The zero-order chi connectivity index (χ0) is 18.4. The van der Waals surface area contributed by atoms with E-state index in [2.05, 4.69) is 5.32 Å². The second kappa shape index (κ2) is 8.23. The van der Waals surface area contributed by atoms with Crippen molar-refractivity contribution in [1.82, 2.24) is 5.32 Å². The molecular weight excluding hydrogens is 330 g/mol. The molecule has 0 aliphatic rings. The standard InChI is InChI=1S/C18H18F2N2O3/c1-12(23)22(14-4-3-5-15(11-14)25-2)9-8-21-18(24)13-6-7-16(19)17(20)10-13/h3-7,10-11H,8-9H2,1-2H3,(H,21,24). The molecule has 0 aromatic heterocycles. The average molecular weight is 348 g/mol. The zero-order valence-corrected chi connectivity index (χ0v) is 13.9. The van der Waals surface area contributed by atoms with Gasteiger partial charge in [-0.2, -0.15) is 0 Å². The molecule has 0 heterocycles. The number of ether oxygens (including phenoxy) is 1. The van der Waals surface area contributed by atoms with E-state index in [9.17, 15) is 18.4 Å². The lowest BCUT2D eigenvalue weighted by molar-refractivity contribution is -0.116. The molecule has 0 saturated carbocycles. The van der Waals surface area contributed by atoms with E-state index in [0.29, 0.717) is 11.4 Å². The summed E-state index contributed by atoms with van der Waals surface area (Å²) in [4.78, 5) is 25.3. The maximum absolute atomic E-state index is 13.2. The van der Waals surface area contributed by atoms with E-state index < -0.39 is 17.5 Å². The number of nitrogens with one attached hydrogen (secondary N) is 1. The normalized spacial score (nSPS) is 10.2. The minimum Gasteiger partial charge on any atom is -0.497 e. The molecule has 0 radical (unpaired) electrons. The summed E-state index contributed by atoms with van der Waals surface area (Å²) in [7, 11) is 1.53. The Bertz CT molecular complexity index is 781. The first-order chi connectivity index (χ1) is 11.9. The van der Waals surface area contributed by atoms with Gasteiger partial charge in [0.05, 0.1) is 7.11 Å². The van der Waals surface area contributed by atoms with Crippen LogP contribution in [0.15, 0.2) is 42.5 Å². The van der Waals surface area contributed by atoms with Crippen molar-refractivity contribution in [2.45, 2.75) is 6.92 Å². The molecule has 2 rings (SSSR count). The van der Waals surface area contributed by atoms with Gasteiger partial charge >= 0.3 is 0 Å². The molecule has 0 bridgehead atoms. The first-order valence-electron chi connectivity index (χ1n) is 7.57. The number of anilines is 1. The van der Waals surface area contributed by atoms with Gasteiger partial charge < -0.3 is 15.0 Å². The van der Waals surface area contributed by atoms with Crippen molar-refractivity contribution in [3.8, 4) is 5.75 Å². The number of hydrogen-bond donors (Lipinski definition) is 1. The Morgan fingerprint density at radius 3 is 2.52 bits per heavy atom. The molecule has 0 fully saturated rings. The highest BCUT2D eigenvalue weighted by Gasteiger charge is 2.14. The fourth-order valence-corrected chi connectivity index (χ4v) is 2.27. The molecule has 2 aromatic rings. The Hall–Kier alpha value is -2.96. The maximum Gasteiger partial charge on any atom is 0.251 e. The van der Waals surface area contributed by atoms with Gasteiger partial charge in [-0.25, -0.2) is 8.78 Å². The van der Waals surface area contributed by atoms with Gasteiger partial charge in [-0.3, -0.25) is 9.59 Å². The summed E-state index contributed by atoms with van der Waals surface area (Å²) in [5.41, 5.74) is 0.642. The first-order valence-corrected chi connectivity index (χ1v) is 7.57. The SMILES string of the molecule is COc1cccc(N(CCNC(=O)c2ccc(F)c(F)c2)C(C)=O)c1. The van der Waals surface area contributed by atoms with Crippen LogP contribution in [0.3, 0.4) is 0 Å². The van der Waals surface area contributed by atoms with Crippen LogP contribution in [0.5, 0.6) is 5.75 Å². The molecule has 0 saturated heterocycles. The molecule has 0 unspecified atom stereocenters. The molecule has 25 heavy (non-hydrogen) atoms. The van der Waals surface area contributed by atoms with Gasteiger partial charge in [0.25, 0.3) is 5.91 Å². The van der Waals surface area contributed by atoms with Gasteiger partial charge in [0.15, 0.2) is 11.6 Å². The molecule has 2 amide bonds. The molecule has 5 nitrogen and oxygen atoms in total. The van der Waals surface area contributed by atoms with Crippen molar-refractivity contribution in [2.24, 2.45) is 0 Å². The van der Waals surface area contributed by atoms with Gasteiger partial charge in [0.2, 0.25) is 5.91 Å². The predicted octanol–water partition coefficient (Wildman–Crippen LogP) is 2.76. The van der Waals surface area contributed by atoms with E-state index >= 15 is 0 Å². The number of carbonyl (C=O) groups is 2. The van der Waals surface area contributed by atoms with Gasteiger partial charge in [-0.15, -0.1) is 0 Å². The third-order valence-corrected chi connectivity index (χ3v) is 3.55. The maximum atomic E-state index is 13.2. The van der Waals surface area contributed by atoms with Crippen LogP contribution >= 0.6 is 0 Å². The Morgan fingerprint density at radius 1 is 1.12 bits per heavy atom. The molecule has 0 atom stereocenters. The van der Waals surface area contributed by atoms with Gasteiger partial charge in [-0.1, -0.05) is 6.07 Å². The van der Waals surface area contributed by atoms with Crippen molar-refractivity contribution in [1.29, 1.82) is 0 Å². The van der Waals surface area contributed by atoms with Crippen LogP contribution in [0.4, 0.5) is 14.5 Å². The Balaban J connectivity index is 2.00. The molecule has 0 aliphatic carbocycles. The molecule has 132 valence electrons. The van der Waals surface area contributed by atoms with Crippen LogP contribution in [-0.2, 0) is 4.79 Å². The fraction of sp³-hybridized carbons (Fsp3) is 0.222. The van der Waals surface area contributed by atoms with E-state index in [1.165, 1.54) is 25.0 Å².